The van der Waals surface area contributed by atoms with Gasteiger partial charge >= 0.3 is 0 Å². The molecule has 1 aliphatic carbocycles. The average molecular weight is 602 g/mol. The molecule has 3 nitrogen and oxygen atoms in total. The largest absolute Gasteiger partial charge is 0.313 e. The van der Waals surface area contributed by atoms with Crippen molar-refractivity contribution in [2.45, 2.75) is 12.8 Å². The Labute approximate surface area is 273 Å². The second kappa shape index (κ2) is 11.4. The Balaban J connectivity index is 0.988. The predicted octanol–water partition coefficient (Wildman–Crippen LogP) is 11.5. The van der Waals surface area contributed by atoms with Crippen molar-refractivity contribution >= 4 is 44.0 Å². The van der Waals surface area contributed by atoms with Crippen LogP contribution in [0.2, 0.25) is 0 Å². The van der Waals surface area contributed by atoms with Gasteiger partial charge in [-0.15, -0.1) is 0 Å². The number of aromatic nitrogens is 3. The quantitative estimate of drug-likeness (QED) is 0.196. The van der Waals surface area contributed by atoms with Crippen LogP contribution in [-0.2, 0) is 0 Å². The van der Waals surface area contributed by atoms with E-state index in [1.165, 1.54) is 49.8 Å². The highest BCUT2D eigenvalue weighted by molar-refractivity contribution is 6.10. The van der Waals surface area contributed by atoms with E-state index in [-0.39, 0.29) is 0 Å². The van der Waals surface area contributed by atoms with Crippen molar-refractivity contribution in [2.24, 2.45) is 0 Å². The van der Waals surface area contributed by atoms with Gasteiger partial charge in [0.05, 0.1) is 22.2 Å². The lowest BCUT2D eigenvalue weighted by Crippen LogP contribution is -2.01. The zero-order chi connectivity index (χ0) is 31.2. The fourth-order valence-corrected chi connectivity index (χ4v) is 7.00. The van der Waals surface area contributed by atoms with E-state index in [2.05, 4.69) is 150 Å². The topological polar surface area (TPSA) is 30.7 Å². The Morgan fingerprint density at radius 1 is 0.404 bits per heavy atom. The van der Waals surface area contributed by atoms with Gasteiger partial charge in [0, 0.05) is 33.0 Å². The summed E-state index contributed by atoms with van der Waals surface area (Å²) in [6, 6.07) is 53.6. The van der Waals surface area contributed by atoms with Crippen molar-refractivity contribution in [2.75, 3.05) is 0 Å². The van der Waals surface area contributed by atoms with Gasteiger partial charge in [0.2, 0.25) is 0 Å². The summed E-state index contributed by atoms with van der Waals surface area (Å²) < 4.78 is 2.44. The highest BCUT2D eigenvalue weighted by atomic mass is 15.0. The minimum Gasteiger partial charge on any atom is -0.313 e. The lowest BCUT2D eigenvalue weighted by Gasteiger charge is -2.18. The molecule has 2 heterocycles. The number of nitrogens with zero attached hydrogens (tertiary/aromatic N) is 3. The molecule has 0 amide bonds. The van der Waals surface area contributed by atoms with E-state index in [1.54, 1.807) is 0 Å². The third kappa shape index (κ3) is 4.84. The van der Waals surface area contributed by atoms with Crippen molar-refractivity contribution in [3.63, 3.8) is 0 Å². The molecule has 0 saturated heterocycles. The summed E-state index contributed by atoms with van der Waals surface area (Å²) in [5, 5.41) is 3.68. The molecule has 9 rings (SSSR count). The molecule has 0 spiro atoms. The number of para-hydroxylation sites is 3. The third-order valence-electron chi connectivity index (χ3n) is 9.38. The Bertz CT molecular complexity index is 2430. The minimum absolute atomic E-state index is 0.738. The lowest BCUT2D eigenvalue weighted by atomic mass is 9.94. The second-order valence-corrected chi connectivity index (χ2v) is 12.2. The second-order valence-electron chi connectivity index (χ2n) is 12.2. The van der Waals surface area contributed by atoms with Crippen LogP contribution in [0, 0.1) is 0 Å². The molecule has 0 aliphatic heterocycles. The van der Waals surface area contributed by atoms with Gasteiger partial charge in [-0.25, -0.2) is 9.97 Å². The zero-order valence-corrected chi connectivity index (χ0v) is 25.8. The van der Waals surface area contributed by atoms with E-state index in [4.69, 9.17) is 9.97 Å². The summed E-state index contributed by atoms with van der Waals surface area (Å²) in [7, 11) is 0. The molecule has 2 aromatic heterocycles. The van der Waals surface area contributed by atoms with E-state index in [9.17, 15) is 0 Å². The highest BCUT2D eigenvalue weighted by Crippen LogP contribution is 2.37. The molecule has 0 radical (unpaired) electrons. The standard InChI is InChI=1S/C44H31N3/c1-2-10-34(11-3-1)43-39-14-4-7-15-40(39)45-44(46-43)35-24-22-32(23-25-35)30-18-20-31(21-19-30)33-26-28-36(29-27-33)47-41-16-8-5-12-37(41)38-13-6-9-17-42(38)47/h1-26,28H,27,29H2. The van der Waals surface area contributed by atoms with Gasteiger partial charge < -0.3 is 4.57 Å². The number of rotatable bonds is 5. The molecule has 0 saturated carbocycles. The van der Waals surface area contributed by atoms with E-state index in [0.29, 0.717) is 0 Å². The monoisotopic (exact) mass is 601 g/mol. The van der Waals surface area contributed by atoms with Crippen LogP contribution in [0.4, 0.5) is 0 Å². The number of hydrogen-bond donors (Lipinski definition) is 0. The van der Waals surface area contributed by atoms with Gasteiger partial charge in [0.15, 0.2) is 5.82 Å². The van der Waals surface area contributed by atoms with Crippen LogP contribution >= 0.6 is 0 Å². The fraction of sp³-hybridized carbons (Fsp3) is 0.0455. The van der Waals surface area contributed by atoms with E-state index < -0.39 is 0 Å². The number of hydrogen-bond acceptors (Lipinski definition) is 2. The highest BCUT2D eigenvalue weighted by Gasteiger charge is 2.16. The SMILES string of the molecule is C1=C(c2ccc(-c3ccc(-c4nc(-c5ccccc5)c5ccccc5n4)cc3)cc2)CCC(n2c3ccccc3c3ccccc32)=C1. The summed E-state index contributed by atoms with van der Waals surface area (Å²) in [6.07, 6.45) is 6.62. The number of allylic oxidation sites excluding steroid dienone is 4. The van der Waals surface area contributed by atoms with Crippen LogP contribution in [0.1, 0.15) is 18.4 Å². The van der Waals surface area contributed by atoms with E-state index in [1.807, 2.05) is 18.2 Å². The maximum Gasteiger partial charge on any atom is 0.160 e. The summed E-state index contributed by atoms with van der Waals surface area (Å²) in [5.74, 6) is 0.738. The normalized spacial score (nSPS) is 13.2. The summed E-state index contributed by atoms with van der Waals surface area (Å²) in [4.78, 5) is 9.96. The zero-order valence-electron chi connectivity index (χ0n) is 25.8. The maximum atomic E-state index is 5.03. The molecule has 6 aromatic carbocycles. The molecule has 222 valence electrons. The van der Waals surface area contributed by atoms with Crippen LogP contribution in [0.3, 0.4) is 0 Å². The van der Waals surface area contributed by atoms with Crippen LogP contribution in [0.25, 0.3) is 77.8 Å². The predicted molar refractivity (Wildman–Crippen MR) is 197 cm³/mol. The molecule has 0 unspecified atom stereocenters. The van der Waals surface area contributed by atoms with Crippen LogP contribution in [0.5, 0.6) is 0 Å². The Morgan fingerprint density at radius 2 is 0.957 bits per heavy atom. The van der Waals surface area contributed by atoms with Gasteiger partial charge in [-0.1, -0.05) is 140 Å². The van der Waals surface area contributed by atoms with E-state index in [0.717, 1.165) is 46.4 Å². The lowest BCUT2D eigenvalue weighted by molar-refractivity contribution is 0.992. The molecule has 0 bridgehead atoms. The number of benzene rings is 6. The van der Waals surface area contributed by atoms with Crippen LogP contribution < -0.4 is 0 Å². The van der Waals surface area contributed by atoms with E-state index >= 15 is 0 Å². The Kier molecular flexibility index (Phi) is 6.60. The third-order valence-corrected chi connectivity index (χ3v) is 9.38. The molecule has 47 heavy (non-hydrogen) atoms. The average Bonchev–Trinajstić information content (AvgIpc) is 3.49. The molecule has 8 aromatic rings. The van der Waals surface area contributed by atoms with Crippen molar-refractivity contribution in [1.29, 1.82) is 0 Å². The molecule has 0 N–H and O–H groups in total. The molecular weight excluding hydrogens is 571 g/mol. The van der Waals surface area contributed by atoms with Crippen LogP contribution in [0.15, 0.2) is 164 Å². The molecule has 0 fully saturated rings. The van der Waals surface area contributed by atoms with Crippen molar-refractivity contribution in [1.82, 2.24) is 14.5 Å². The first-order chi connectivity index (χ1) is 23.3. The van der Waals surface area contributed by atoms with Crippen LogP contribution in [-0.4, -0.2) is 14.5 Å². The van der Waals surface area contributed by atoms with Gasteiger partial charge in [0.25, 0.3) is 0 Å². The maximum absolute atomic E-state index is 5.03. The molecule has 0 atom stereocenters. The summed E-state index contributed by atoms with van der Waals surface area (Å²) in [6.45, 7) is 0. The summed E-state index contributed by atoms with van der Waals surface area (Å²) >= 11 is 0. The Morgan fingerprint density at radius 3 is 1.60 bits per heavy atom. The van der Waals surface area contributed by atoms with Gasteiger partial charge in [-0.3, -0.25) is 0 Å². The smallest absolute Gasteiger partial charge is 0.160 e. The van der Waals surface area contributed by atoms with Gasteiger partial charge in [0.1, 0.15) is 0 Å². The van der Waals surface area contributed by atoms with Gasteiger partial charge in [-0.05, 0) is 59.4 Å². The first-order valence-electron chi connectivity index (χ1n) is 16.2. The van der Waals surface area contributed by atoms with Gasteiger partial charge in [-0.2, -0.15) is 0 Å². The first kappa shape index (κ1) is 27.3. The van der Waals surface area contributed by atoms with Crippen molar-refractivity contribution in [3.05, 3.63) is 169 Å². The molecule has 3 heteroatoms. The first-order valence-corrected chi connectivity index (χ1v) is 16.2. The van der Waals surface area contributed by atoms with Crippen molar-refractivity contribution < 1.29 is 0 Å². The summed E-state index contributed by atoms with van der Waals surface area (Å²) in [5.41, 5.74) is 12.9. The Hall–Kier alpha value is -6.06. The minimum atomic E-state index is 0.738. The van der Waals surface area contributed by atoms with Crippen molar-refractivity contribution in [3.8, 4) is 33.8 Å². The molecule has 1 aliphatic rings. The fourth-order valence-electron chi connectivity index (χ4n) is 7.00. The number of fused-ring (bicyclic) bond motifs is 4. The molecular formula is C44H31N3.